The summed E-state index contributed by atoms with van der Waals surface area (Å²) < 4.78 is 0. The molecule has 2 nitrogen and oxygen atoms in total. The molecule has 0 aromatic heterocycles. The zero-order valence-electron chi connectivity index (χ0n) is 7.11. The van der Waals surface area contributed by atoms with Crippen LogP contribution in [0.1, 0.15) is 33.6 Å². The molecule has 2 heteroatoms. The molecule has 60 valence electrons. The second-order valence-corrected chi connectivity index (χ2v) is 2.28. The van der Waals surface area contributed by atoms with Crippen molar-refractivity contribution >= 4 is 0 Å². The van der Waals surface area contributed by atoms with Crippen molar-refractivity contribution in [2.45, 2.75) is 33.6 Å². The van der Waals surface area contributed by atoms with Crippen LogP contribution in [-0.4, -0.2) is 6.61 Å². The lowest BCUT2D eigenvalue weighted by Gasteiger charge is -2.04. The quantitative estimate of drug-likeness (QED) is 0.470. The minimum Gasteiger partial charge on any atom is -0.276 e. The lowest BCUT2D eigenvalue weighted by molar-refractivity contribution is 0.0606. The van der Waals surface area contributed by atoms with Crippen LogP contribution in [0.15, 0.2) is 11.8 Å². The third kappa shape index (κ3) is 5.63. The fourth-order valence-electron chi connectivity index (χ4n) is 0.440. The van der Waals surface area contributed by atoms with Crippen molar-refractivity contribution in [3.63, 3.8) is 0 Å². The zero-order chi connectivity index (χ0) is 7.82. The van der Waals surface area contributed by atoms with Crippen LogP contribution in [0.4, 0.5) is 0 Å². The molecule has 0 aliphatic heterocycles. The fourth-order valence-corrected chi connectivity index (χ4v) is 0.440. The van der Waals surface area contributed by atoms with Crippen molar-refractivity contribution in [3.05, 3.63) is 11.8 Å². The van der Waals surface area contributed by atoms with E-state index in [2.05, 4.69) is 12.4 Å². The number of allylic oxidation sites excluding steroid dienone is 2. The van der Waals surface area contributed by atoms with Crippen molar-refractivity contribution in [2.24, 2.45) is 0 Å². The number of hydroxylamine groups is 1. The molecule has 10 heavy (non-hydrogen) atoms. The Morgan fingerprint density at radius 2 is 2.30 bits per heavy atom. The largest absolute Gasteiger partial charge is 0.276 e. The highest BCUT2D eigenvalue weighted by Gasteiger charge is 1.85. The summed E-state index contributed by atoms with van der Waals surface area (Å²) in [6.45, 7) is 6.89. The molecule has 0 rings (SSSR count). The SMILES string of the molecule is C/C=C(\C)NOCCCC. The van der Waals surface area contributed by atoms with Crippen LogP contribution >= 0.6 is 0 Å². The lowest BCUT2D eigenvalue weighted by atomic mass is 10.4. The summed E-state index contributed by atoms with van der Waals surface area (Å²) in [5.41, 5.74) is 3.89. The van der Waals surface area contributed by atoms with Gasteiger partial charge in [0.2, 0.25) is 0 Å². The van der Waals surface area contributed by atoms with Gasteiger partial charge >= 0.3 is 0 Å². The average Bonchev–Trinajstić information content (AvgIpc) is 1.98. The van der Waals surface area contributed by atoms with Gasteiger partial charge in [0.25, 0.3) is 0 Å². The van der Waals surface area contributed by atoms with E-state index in [0.717, 1.165) is 18.7 Å². The van der Waals surface area contributed by atoms with Crippen molar-refractivity contribution in [2.75, 3.05) is 6.61 Å². The van der Waals surface area contributed by atoms with Gasteiger partial charge in [-0.15, -0.1) is 0 Å². The van der Waals surface area contributed by atoms with E-state index < -0.39 is 0 Å². The highest BCUT2D eigenvalue weighted by Crippen LogP contribution is 1.88. The van der Waals surface area contributed by atoms with Crippen LogP contribution in [0, 0.1) is 0 Å². The summed E-state index contributed by atoms with van der Waals surface area (Å²) in [7, 11) is 0. The first kappa shape index (κ1) is 9.50. The molecule has 0 aromatic rings. The van der Waals surface area contributed by atoms with E-state index in [1.807, 2.05) is 19.9 Å². The predicted molar refractivity (Wildman–Crippen MR) is 43.4 cm³/mol. The minimum absolute atomic E-state index is 0.793. The predicted octanol–water partition coefficient (Wildman–Crippen LogP) is 2.23. The smallest absolute Gasteiger partial charge is 0.0745 e. The maximum atomic E-state index is 5.11. The molecule has 0 aliphatic carbocycles. The molecule has 0 unspecified atom stereocenters. The maximum Gasteiger partial charge on any atom is 0.0745 e. The van der Waals surface area contributed by atoms with Gasteiger partial charge in [-0.1, -0.05) is 19.4 Å². The Labute approximate surface area is 63.2 Å². The Kier molecular flexibility index (Phi) is 6.29. The van der Waals surface area contributed by atoms with Gasteiger partial charge in [-0.2, -0.15) is 0 Å². The summed E-state index contributed by atoms with van der Waals surface area (Å²) in [5.74, 6) is 0. The molecule has 1 N–H and O–H groups in total. The van der Waals surface area contributed by atoms with Crippen LogP contribution in [0.2, 0.25) is 0 Å². The van der Waals surface area contributed by atoms with E-state index in [-0.39, 0.29) is 0 Å². The standard InChI is InChI=1S/C8H17NO/c1-4-6-7-10-9-8(3)5-2/h5,9H,4,6-7H2,1-3H3/b8-5+. The van der Waals surface area contributed by atoms with Crippen LogP contribution in [0.5, 0.6) is 0 Å². The van der Waals surface area contributed by atoms with Gasteiger partial charge in [0.05, 0.1) is 6.61 Å². The summed E-state index contributed by atoms with van der Waals surface area (Å²) in [6, 6.07) is 0. The van der Waals surface area contributed by atoms with E-state index in [9.17, 15) is 0 Å². The van der Waals surface area contributed by atoms with Gasteiger partial charge in [-0.05, 0) is 20.3 Å². The molecule has 0 aliphatic rings. The average molecular weight is 143 g/mol. The summed E-state index contributed by atoms with van der Waals surface area (Å²) in [6.07, 6.45) is 4.27. The van der Waals surface area contributed by atoms with E-state index in [0.29, 0.717) is 0 Å². The van der Waals surface area contributed by atoms with Crippen molar-refractivity contribution in [1.29, 1.82) is 0 Å². The highest BCUT2D eigenvalue weighted by atomic mass is 16.6. The molecule has 0 saturated carbocycles. The van der Waals surface area contributed by atoms with E-state index >= 15 is 0 Å². The van der Waals surface area contributed by atoms with Gasteiger partial charge in [-0.25, -0.2) is 0 Å². The Morgan fingerprint density at radius 1 is 1.60 bits per heavy atom. The Morgan fingerprint density at radius 3 is 2.80 bits per heavy atom. The Bertz CT molecular complexity index is 99.4. The van der Waals surface area contributed by atoms with Gasteiger partial charge in [0, 0.05) is 5.70 Å². The number of hydrogen-bond acceptors (Lipinski definition) is 2. The normalized spacial score (nSPS) is 11.7. The Balaban J connectivity index is 3.04. The summed E-state index contributed by atoms with van der Waals surface area (Å²) in [4.78, 5) is 5.11. The molecule has 0 saturated heterocycles. The number of unbranched alkanes of at least 4 members (excludes halogenated alkanes) is 1. The van der Waals surface area contributed by atoms with Gasteiger partial charge in [-0.3, -0.25) is 10.3 Å². The molecule has 0 heterocycles. The molecule has 0 radical (unpaired) electrons. The van der Waals surface area contributed by atoms with Crippen LogP contribution in [-0.2, 0) is 4.84 Å². The lowest BCUT2D eigenvalue weighted by Crippen LogP contribution is -2.12. The van der Waals surface area contributed by atoms with Crippen molar-refractivity contribution in [3.8, 4) is 0 Å². The van der Waals surface area contributed by atoms with Crippen LogP contribution in [0.3, 0.4) is 0 Å². The molecular formula is C8H17NO. The molecular weight excluding hydrogens is 126 g/mol. The fraction of sp³-hybridized carbons (Fsp3) is 0.750. The summed E-state index contributed by atoms with van der Waals surface area (Å²) in [5, 5.41) is 0. The second kappa shape index (κ2) is 6.62. The molecule has 0 atom stereocenters. The second-order valence-electron chi connectivity index (χ2n) is 2.28. The Hall–Kier alpha value is -0.500. The zero-order valence-corrected chi connectivity index (χ0v) is 7.11. The number of hydrogen-bond donors (Lipinski definition) is 1. The molecule has 0 bridgehead atoms. The van der Waals surface area contributed by atoms with Crippen molar-refractivity contribution < 1.29 is 4.84 Å². The topological polar surface area (TPSA) is 21.3 Å². The summed E-state index contributed by atoms with van der Waals surface area (Å²) >= 11 is 0. The minimum atomic E-state index is 0.793. The van der Waals surface area contributed by atoms with E-state index in [1.165, 1.54) is 6.42 Å². The first-order valence-corrected chi connectivity index (χ1v) is 3.82. The number of rotatable bonds is 5. The molecule has 0 aromatic carbocycles. The van der Waals surface area contributed by atoms with Gasteiger partial charge in [0.1, 0.15) is 0 Å². The van der Waals surface area contributed by atoms with E-state index in [4.69, 9.17) is 4.84 Å². The van der Waals surface area contributed by atoms with E-state index in [1.54, 1.807) is 0 Å². The van der Waals surface area contributed by atoms with Gasteiger partial charge in [0.15, 0.2) is 0 Å². The van der Waals surface area contributed by atoms with Gasteiger partial charge < -0.3 is 0 Å². The molecule has 0 fully saturated rings. The van der Waals surface area contributed by atoms with Crippen LogP contribution < -0.4 is 5.48 Å². The maximum absolute atomic E-state index is 5.11. The highest BCUT2D eigenvalue weighted by molar-refractivity contribution is 4.88. The van der Waals surface area contributed by atoms with Crippen molar-refractivity contribution in [1.82, 2.24) is 5.48 Å². The molecule has 0 spiro atoms. The number of nitrogens with one attached hydrogen (secondary N) is 1. The van der Waals surface area contributed by atoms with Crippen LogP contribution in [0.25, 0.3) is 0 Å². The molecule has 0 amide bonds. The monoisotopic (exact) mass is 143 g/mol. The third-order valence-electron chi connectivity index (χ3n) is 1.27. The third-order valence-corrected chi connectivity index (χ3v) is 1.27. The first-order valence-electron chi connectivity index (χ1n) is 3.82. The first-order chi connectivity index (χ1) is 4.81.